The predicted molar refractivity (Wildman–Crippen MR) is 130 cm³/mol. The number of fused-ring (bicyclic) bond motifs is 3. The fourth-order valence-electron chi connectivity index (χ4n) is 4.20. The van der Waals surface area contributed by atoms with Crippen LogP contribution in [-0.4, -0.2) is 38.4 Å². The number of aryl methyl sites for hydroxylation is 3. The number of thiophene rings is 1. The summed E-state index contributed by atoms with van der Waals surface area (Å²) in [6.45, 7) is 3.34. The van der Waals surface area contributed by atoms with Gasteiger partial charge in [0.2, 0.25) is 0 Å². The van der Waals surface area contributed by atoms with Crippen molar-refractivity contribution >= 4 is 39.1 Å². The number of hydrogen-bond donors (Lipinski definition) is 1. The smallest absolute Gasteiger partial charge is 0.192 e. The SMILES string of the molecule is COCCn1c(SCc2nc(N)c3c4c(sc3n2)CCCC4)nnc1-c1cccc(C)c1. The lowest BCUT2D eigenvalue weighted by Crippen LogP contribution is -2.08. The first-order chi connectivity index (χ1) is 15.6. The Kier molecular flexibility index (Phi) is 6.12. The van der Waals surface area contributed by atoms with Crippen molar-refractivity contribution in [3.05, 3.63) is 46.1 Å². The van der Waals surface area contributed by atoms with Crippen molar-refractivity contribution in [2.24, 2.45) is 0 Å². The van der Waals surface area contributed by atoms with E-state index in [-0.39, 0.29) is 0 Å². The number of thioether (sulfide) groups is 1. The number of nitrogen functional groups attached to an aromatic ring is 1. The van der Waals surface area contributed by atoms with E-state index in [1.165, 1.54) is 28.8 Å². The second kappa shape index (κ2) is 9.17. The second-order valence-electron chi connectivity index (χ2n) is 8.02. The van der Waals surface area contributed by atoms with Gasteiger partial charge in [0, 0.05) is 17.6 Å². The van der Waals surface area contributed by atoms with E-state index in [2.05, 4.69) is 44.9 Å². The summed E-state index contributed by atoms with van der Waals surface area (Å²) in [5.41, 5.74) is 9.99. The van der Waals surface area contributed by atoms with Crippen LogP contribution in [0.5, 0.6) is 0 Å². The maximum atomic E-state index is 6.38. The number of nitrogens with two attached hydrogens (primary N) is 1. The molecule has 5 rings (SSSR count). The fourth-order valence-corrected chi connectivity index (χ4v) is 6.31. The van der Waals surface area contributed by atoms with Crippen LogP contribution in [0.15, 0.2) is 29.4 Å². The molecule has 0 fully saturated rings. The van der Waals surface area contributed by atoms with Crippen LogP contribution in [0.4, 0.5) is 5.82 Å². The van der Waals surface area contributed by atoms with E-state index >= 15 is 0 Å². The lowest BCUT2D eigenvalue weighted by Gasteiger charge is -2.11. The van der Waals surface area contributed by atoms with Crippen LogP contribution >= 0.6 is 23.1 Å². The molecule has 1 aromatic carbocycles. The van der Waals surface area contributed by atoms with Crippen molar-refractivity contribution in [3.63, 3.8) is 0 Å². The molecule has 0 spiro atoms. The first-order valence-corrected chi connectivity index (χ1v) is 12.6. The third kappa shape index (κ3) is 4.12. The largest absolute Gasteiger partial charge is 0.383 e. The minimum absolute atomic E-state index is 0.584. The topological polar surface area (TPSA) is 91.7 Å². The van der Waals surface area contributed by atoms with Gasteiger partial charge in [-0.05, 0) is 44.2 Å². The molecule has 1 aliphatic carbocycles. The lowest BCUT2D eigenvalue weighted by atomic mass is 9.97. The number of aromatic nitrogens is 5. The summed E-state index contributed by atoms with van der Waals surface area (Å²) in [6.07, 6.45) is 4.68. The molecule has 7 nitrogen and oxygen atoms in total. The van der Waals surface area contributed by atoms with E-state index in [1.807, 2.05) is 6.07 Å². The third-order valence-corrected chi connectivity index (χ3v) is 7.88. The average Bonchev–Trinajstić information content (AvgIpc) is 3.37. The van der Waals surface area contributed by atoms with Crippen LogP contribution in [0.1, 0.15) is 34.7 Å². The molecule has 3 aromatic heterocycles. The minimum atomic E-state index is 0.584. The van der Waals surface area contributed by atoms with Gasteiger partial charge in [-0.1, -0.05) is 35.5 Å². The Hall–Kier alpha value is -2.49. The molecule has 0 unspecified atom stereocenters. The van der Waals surface area contributed by atoms with Gasteiger partial charge in [-0.25, -0.2) is 9.97 Å². The standard InChI is InChI=1S/C23H26N6OS2/c1-14-6-5-7-15(12-14)21-27-28-23(29(21)10-11-30-2)31-13-18-25-20(24)19-16-8-3-4-9-17(16)32-22(19)26-18/h5-7,12H,3-4,8-11,13H2,1-2H3,(H2,24,25,26). The van der Waals surface area contributed by atoms with E-state index in [4.69, 9.17) is 15.5 Å². The maximum absolute atomic E-state index is 6.38. The number of hydrogen-bond acceptors (Lipinski definition) is 8. The van der Waals surface area contributed by atoms with Crippen molar-refractivity contribution in [1.82, 2.24) is 24.7 Å². The van der Waals surface area contributed by atoms with Crippen LogP contribution in [0, 0.1) is 6.92 Å². The molecule has 0 aliphatic heterocycles. The molecule has 0 saturated heterocycles. The molecule has 166 valence electrons. The average molecular weight is 467 g/mol. The Morgan fingerprint density at radius 1 is 1.19 bits per heavy atom. The van der Waals surface area contributed by atoms with Gasteiger partial charge in [0.1, 0.15) is 16.5 Å². The minimum Gasteiger partial charge on any atom is -0.383 e. The third-order valence-electron chi connectivity index (χ3n) is 5.73. The second-order valence-corrected chi connectivity index (χ2v) is 10.1. The summed E-state index contributed by atoms with van der Waals surface area (Å²) >= 11 is 3.36. The zero-order chi connectivity index (χ0) is 22.1. The highest BCUT2D eigenvalue weighted by molar-refractivity contribution is 7.98. The summed E-state index contributed by atoms with van der Waals surface area (Å²) in [7, 11) is 1.70. The van der Waals surface area contributed by atoms with Crippen LogP contribution < -0.4 is 5.73 Å². The molecule has 4 aromatic rings. The normalized spacial score (nSPS) is 13.6. The molecule has 9 heteroatoms. The van der Waals surface area contributed by atoms with Crippen molar-refractivity contribution in [1.29, 1.82) is 0 Å². The summed E-state index contributed by atoms with van der Waals surface area (Å²) in [4.78, 5) is 11.9. The molecule has 1 aliphatic rings. The quantitative estimate of drug-likeness (QED) is 0.396. The van der Waals surface area contributed by atoms with Crippen LogP contribution in [0.3, 0.4) is 0 Å². The Morgan fingerprint density at radius 3 is 2.91 bits per heavy atom. The number of anilines is 1. The van der Waals surface area contributed by atoms with Gasteiger partial charge in [-0.3, -0.25) is 4.57 Å². The first-order valence-electron chi connectivity index (χ1n) is 10.8. The van der Waals surface area contributed by atoms with Crippen LogP contribution in [0.25, 0.3) is 21.6 Å². The Bertz CT molecular complexity index is 1270. The van der Waals surface area contributed by atoms with Crippen molar-refractivity contribution in [3.8, 4) is 11.4 Å². The molecule has 3 heterocycles. The summed E-state index contributed by atoms with van der Waals surface area (Å²) in [5, 5.41) is 10.8. The lowest BCUT2D eigenvalue weighted by molar-refractivity contribution is 0.185. The number of nitrogens with zero attached hydrogens (tertiary/aromatic N) is 5. The van der Waals surface area contributed by atoms with Crippen molar-refractivity contribution < 1.29 is 4.74 Å². The summed E-state index contributed by atoms with van der Waals surface area (Å²) in [5.74, 6) is 2.76. The van der Waals surface area contributed by atoms with Gasteiger partial charge in [-0.15, -0.1) is 21.5 Å². The molecule has 0 atom stereocenters. The highest BCUT2D eigenvalue weighted by Crippen LogP contribution is 2.38. The molecule has 2 N–H and O–H groups in total. The predicted octanol–water partition coefficient (Wildman–Crippen LogP) is 4.66. The van der Waals surface area contributed by atoms with E-state index in [9.17, 15) is 0 Å². The monoisotopic (exact) mass is 466 g/mol. The molecular weight excluding hydrogens is 440 g/mol. The molecular formula is C23H26N6OS2. The zero-order valence-electron chi connectivity index (χ0n) is 18.3. The maximum Gasteiger partial charge on any atom is 0.192 e. The number of ether oxygens (including phenoxy) is 1. The zero-order valence-corrected chi connectivity index (χ0v) is 19.9. The molecule has 0 radical (unpaired) electrons. The van der Waals surface area contributed by atoms with E-state index < -0.39 is 0 Å². The Morgan fingerprint density at radius 2 is 2.06 bits per heavy atom. The van der Waals surface area contributed by atoms with Gasteiger partial charge in [0.15, 0.2) is 11.0 Å². The molecule has 0 bridgehead atoms. The van der Waals surface area contributed by atoms with Crippen molar-refractivity contribution in [2.45, 2.75) is 50.1 Å². The molecule has 32 heavy (non-hydrogen) atoms. The van der Waals surface area contributed by atoms with Crippen LogP contribution in [-0.2, 0) is 29.9 Å². The van der Waals surface area contributed by atoms with Crippen molar-refractivity contribution in [2.75, 3.05) is 19.5 Å². The first kappa shape index (κ1) is 21.4. The van der Waals surface area contributed by atoms with Crippen LogP contribution in [0.2, 0.25) is 0 Å². The van der Waals surface area contributed by atoms with E-state index in [1.54, 1.807) is 30.2 Å². The van der Waals surface area contributed by atoms with Gasteiger partial charge in [0.25, 0.3) is 0 Å². The fraction of sp³-hybridized carbons (Fsp3) is 0.391. The molecule has 0 saturated carbocycles. The number of benzene rings is 1. The highest BCUT2D eigenvalue weighted by Gasteiger charge is 2.21. The summed E-state index contributed by atoms with van der Waals surface area (Å²) < 4.78 is 7.43. The Labute approximate surface area is 195 Å². The van der Waals surface area contributed by atoms with Gasteiger partial charge in [-0.2, -0.15) is 0 Å². The Balaban J connectivity index is 1.42. The van der Waals surface area contributed by atoms with E-state index in [0.717, 1.165) is 45.4 Å². The summed E-state index contributed by atoms with van der Waals surface area (Å²) in [6, 6.07) is 8.30. The van der Waals surface area contributed by atoms with Gasteiger partial charge in [0.05, 0.1) is 24.3 Å². The number of methoxy groups -OCH3 is 1. The van der Waals surface area contributed by atoms with E-state index in [0.29, 0.717) is 24.7 Å². The highest BCUT2D eigenvalue weighted by atomic mass is 32.2. The van der Waals surface area contributed by atoms with Gasteiger partial charge >= 0.3 is 0 Å². The number of rotatable bonds is 7. The molecule has 0 amide bonds. The van der Waals surface area contributed by atoms with Gasteiger partial charge < -0.3 is 10.5 Å².